The SMILES string of the molecule is CC(C)NC(C)(CCCCN(C)C(C)C(C)C)C(N)=O. The first-order valence-corrected chi connectivity index (χ1v) is 7.88. The van der Waals surface area contributed by atoms with Gasteiger partial charge < -0.3 is 16.0 Å². The van der Waals surface area contributed by atoms with E-state index < -0.39 is 5.54 Å². The second-order valence-corrected chi connectivity index (χ2v) is 6.92. The summed E-state index contributed by atoms with van der Waals surface area (Å²) in [5.41, 5.74) is 4.95. The van der Waals surface area contributed by atoms with Crippen LogP contribution in [0.15, 0.2) is 0 Å². The van der Waals surface area contributed by atoms with Crippen LogP contribution in [-0.4, -0.2) is 42.0 Å². The number of primary amides is 1. The second-order valence-electron chi connectivity index (χ2n) is 6.92. The van der Waals surface area contributed by atoms with Crippen molar-refractivity contribution in [2.45, 2.75) is 78.4 Å². The molecule has 0 aromatic rings. The Morgan fingerprint density at radius 3 is 2.15 bits per heavy atom. The zero-order valence-electron chi connectivity index (χ0n) is 14.5. The second kappa shape index (κ2) is 8.63. The van der Waals surface area contributed by atoms with Gasteiger partial charge in [0.2, 0.25) is 5.91 Å². The molecule has 1 amide bonds. The van der Waals surface area contributed by atoms with Crippen LogP contribution in [0.1, 0.15) is 60.8 Å². The lowest BCUT2D eigenvalue weighted by atomic mass is 9.93. The molecule has 0 heterocycles. The average Bonchev–Trinajstić information content (AvgIpc) is 2.32. The quantitative estimate of drug-likeness (QED) is 0.606. The van der Waals surface area contributed by atoms with E-state index in [0.717, 1.165) is 25.8 Å². The molecule has 0 spiro atoms. The van der Waals surface area contributed by atoms with E-state index >= 15 is 0 Å². The molecular weight excluding hydrogens is 250 g/mol. The van der Waals surface area contributed by atoms with Crippen LogP contribution in [0, 0.1) is 5.92 Å². The van der Waals surface area contributed by atoms with Gasteiger partial charge in [-0.3, -0.25) is 4.79 Å². The highest BCUT2D eigenvalue weighted by molar-refractivity contribution is 5.84. The topological polar surface area (TPSA) is 58.4 Å². The summed E-state index contributed by atoms with van der Waals surface area (Å²) in [6.45, 7) is 13.8. The van der Waals surface area contributed by atoms with Crippen LogP contribution < -0.4 is 11.1 Å². The fraction of sp³-hybridized carbons (Fsp3) is 0.938. The summed E-state index contributed by atoms with van der Waals surface area (Å²) < 4.78 is 0. The summed E-state index contributed by atoms with van der Waals surface area (Å²) in [5.74, 6) is 0.411. The first-order chi connectivity index (χ1) is 9.10. The molecule has 0 fully saturated rings. The molecule has 0 aliphatic carbocycles. The largest absolute Gasteiger partial charge is 0.368 e. The van der Waals surface area contributed by atoms with Gasteiger partial charge in [-0.2, -0.15) is 0 Å². The van der Waals surface area contributed by atoms with Crippen molar-refractivity contribution in [3.05, 3.63) is 0 Å². The predicted octanol–water partition coefficient (Wildman–Crippen LogP) is 2.37. The third-order valence-electron chi connectivity index (χ3n) is 4.25. The summed E-state index contributed by atoms with van der Waals surface area (Å²) in [5, 5.41) is 3.30. The van der Waals surface area contributed by atoms with Crippen LogP contribution in [0.3, 0.4) is 0 Å². The number of rotatable bonds is 10. The Morgan fingerprint density at radius 1 is 1.20 bits per heavy atom. The zero-order chi connectivity index (χ0) is 15.9. The molecule has 3 N–H and O–H groups in total. The monoisotopic (exact) mass is 285 g/mol. The van der Waals surface area contributed by atoms with Crippen molar-refractivity contribution in [1.29, 1.82) is 0 Å². The molecule has 0 aromatic heterocycles. The predicted molar refractivity (Wildman–Crippen MR) is 86.7 cm³/mol. The smallest absolute Gasteiger partial charge is 0.237 e. The maximum absolute atomic E-state index is 11.6. The number of carbonyl (C=O) groups excluding carboxylic acids is 1. The minimum atomic E-state index is -0.587. The van der Waals surface area contributed by atoms with Crippen molar-refractivity contribution < 1.29 is 4.79 Å². The third kappa shape index (κ3) is 6.71. The van der Waals surface area contributed by atoms with Crippen molar-refractivity contribution >= 4 is 5.91 Å². The first kappa shape index (κ1) is 19.4. The Morgan fingerprint density at radius 2 is 1.75 bits per heavy atom. The molecule has 0 aromatic carbocycles. The number of nitrogens with two attached hydrogens (primary N) is 1. The normalized spacial score (nSPS) is 16.7. The van der Waals surface area contributed by atoms with Gasteiger partial charge in [0.25, 0.3) is 0 Å². The Labute approximate surface area is 125 Å². The van der Waals surface area contributed by atoms with Gasteiger partial charge in [-0.05, 0) is 66.5 Å². The molecule has 0 rings (SSSR count). The van der Waals surface area contributed by atoms with Crippen LogP contribution in [0.4, 0.5) is 0 Å². The lowest BCUT2D eigenvalue weighted by Gasteiger charge is -2.31. The lowest BCUT2D eigenvalue weighted by Crippen LogP contribution is -2.55. The molecule has 0 bridgehead atoms. The minimum absolute atomic E-state index is 0.255. The van der Waals surface area contributed by atoms with Crippen LogP contribution in [0.2, 0.25) is 0 Å². The fourth-order valence-corrected chi connectivity index (χ4v) is 2.46. The van der Waals surface area contributed by atoms with E-state index in [9.17, 15) is 4.79 Å². The van der Waals surface area contributed by atoms with Crippen LogP contribution in [-0.2, 0) is 4.79 Å². The standard InChI is InChI=1S/C16H35N3O/c1-12(2)14(5)19(7)11-9-8-10-16(6,15(17)20)18-13(3)4/h12-14,18H,8-11H2,1-7H3,(H2,17,20). The number of nitrogens with one attached hydrogen (secondary N) is 1. The van der Waals surface area contributed by atoms with Gasteiger partial charge in [0.1, 0.15) is 0 Å². The number of hydrogen-bond acceptors (Lipinski definition) is 3. The molecule has 0 radical (unpaired) electrons. The molecule has 4 heteroatoms. The molecule has 0 aliphatic heterocycles. The maximum Gasteiger partial charge on any atom is 0.237 e. The Hall–Kier alpha value is -0.610. The zero-order valence-corrected chi connectivity index (χ0v) is 14.5. The van der Waals surface area contributed by atoms with Gasteiger partial charge in [0, 0.05) is 12.1 Å². The molecule has 4 nitrogen and oxygen atoms in total. The lowest BCUT2D eigenvalue weighted by molar-refractivity contribution is -0.124. The van der Waals surface area contributed by atoms with Crippen LogP contribution in [0.5, 0.6) is 0 Å². The van der Waals surface area contributed by atoms with Crippen LogP contribution in [0.25, 0.3) is 0 Å². The number of hydrogen-bond donors (Lipinski definition) is 2. The van der Waals surface area contributed by atoms with Gasteiger partial charge in [-0.1, -0.05) is 13.8 Å². The van der Waals surface area contributed by atoms with E-state index in [1.165, 1.54) is 0 Å². The van der Waals surface area contributed by atoms with E-state index in [1.807, 2.05) is 20.8 Å². The van der Waals surface area contributed by atoms with Gasteiger partial charge in [0.15, 0.2) is 0 Å². The highest BCUT2D eigenvalue weighted by Crippen LogP contribution is 2.16. The van der Waals surface area contributed by atoms with Gasteiger partial charge in [-0.25, -0.2) is 0 Å². The van der Waals surface area contributed by atoms with Crippen molar-refractivity contribution in [3.63, 3.8) is 0 Å². The van der Waals surface area contributed by atoms with E-state index in [4.69, 9.17) is 5.73 Å². The minimum Gasteiger partial charge on any atom is -0.368 e. The molecule has 0 aliphatic rings. The number of amides is 1. The summed E-state index contributed by atoms with van der Waals surface area (Å²) >= 11 is 0. The number of nitrogens with zero attached hydrogens (tertiary/aromatic N) is 1. The molecule has 20 heavy (non-hydrogen) atoms. The van der Waals surface area contributed by atoms with E-state index in [1.54, 1.807) is 0 Å². The summed E-state index contributed by atoms with van der Waals surface area (Å²) in [4.78, 5) is 14.0. The van der Waals surface area contributed by atoms with Crippen LogP contribution >= 0.6 is 0 Å². The van der Waals surface area contributed by atoms with E-state index in [2.05, 4.69) is 38.0 Å². The molecule has 0 saturated heterocycles. The van der Waals surface area contributed by atoms with Gasteiger partial charge in [0.05, 0.1) is 5.54 Å². The Bertz CT molecular complexity index is 291. The first-order valence-electron chi connectivity index (χ1n) is 7.88. The molecule has 120 valence electrons. The van der Waals surface area contributed by atoms with Crippen molar-refractivity contribution in [1.82, 2.24) is 10.2 Å². The highest BCUT2D eigenvalue weighted by atomic mass is 16.1. The molecule has 0 saturated carbocycles. The highest BCUT2D eigenvalue weighted by Gasteiger charge is 2.30. The molecular formula is C16H35N3O. The number of carbonyl (C=O) groups is 1. The Balaban J connectivity index is 4.17. The summed E-state index contributed by atoms with van der Waals surface area (Å²) in [6.07, 6.45) is 2.90. The fourth-order valence-electron chi connectivity index (χ4n) is 2.46. The van der Waals surface area contributed by atoms with Crippen molar-refractivity contribution in [2.24, 2.45) is 11.7 Å². The molecule has 2 unspecified atom stereocenters. The average molecular weight is 285 g/mol. The van der Waals surface area contributed by atoms with Gasteiger partial charge >= 0.3 is 0 Å². The number of unbranched alkanes of at least 4 members (excludes halogenated alkanes) is 1. The Kier molecular flexibility index (Phi) is 8.36. The van der Waals surface area contributed by atoms with Crippen molar-refractivity contribution in [3.8, 4) is 0 Å². The van der Waals surface area contributed by atoms with E-state index in [-0.39, 0.29) is 11.9 Å². The third-order valence-corrected chi connectivity index (χ3v) is 4.25. The summed E-state index contributed by atoms with van der Waals surface area (Å²) in [6, 6.07) is 0.849. The molecule has 2 atom stereocenters. The van der Waals surface area contributed by atoms with Gasteiger partial charge in [-0.15, -0.1) is 0 Å². The van der Waals surface area contributed by atoms with E-state index in [0.29, 0.717) is 12.0 Å². The maximum atomic E-state index is 11.6. The summed E-state index contributed by atoms with van der Waals surface area (Å²) in [7, 11) is 2.17. The van der Waals surface area contributed by atoms with Crippen molar-refractivity contribution in [2.75, 3.05) is 13.6 Å².